The first-order valence-corrected chi connectivity index (χ1v) is 7.75. The number of unbranched alkanes of at least 4 members (excludes halogenated alkanes) is 1. The highest BCUT2D eigenvalue weighted by Crippen LogP contribution is 2.65. The zero-order chi connectivity index (χ0) is 15.1. The number of rotatable bonds is 5. The van der Waals surface area contributed by atoms with Crippen molar-refractivity contribution in [2.75, 3.05) is 0 Å². The van der Waals surface area contributed by atoms with E-state index in [9.17, 15) is 14.7 Å². The topological polar surface area (TPSA) is 54.4 Å². The van der Waals surface area contributed by atoms with Crippen LogP contribution >= 0.6 is 0 Å². The van der Waals surface area contributed by atoms with Crippen LogP contribution in [0.15, 0.2) is 11.6 Å². The third-order valence-electron chi connectivity index (χ3n) is 5.93. The summed E-state index contributed by atoms with van der Waals surface area (Å²) < 4.78 is 0. The Balaban J connectivity index is 2.31. The molecule has 20 heavy (non-hydrogen) atoms. The minimum absolute atomic E-state index is 0.0380. The Morgan fingerprint density at radius 1 is 1.45 bits per heavy atom. The van der Waals surface area contributed by atoms with Crippen molar-refractivity contribution in [3.05, 3.63) is 11.6 Å². The van der Waals surface area contributed by atoms with Crippen LogP contribution in [0.2, 0.25) is 0 Å². The van der Waals surface area contributed by atoms with Crippen LogP contribution in [0.4, 0.5) is 0 Å². The van der Waals surface area contributed by atoms with Gasteiger partial charge in [0, 0.05) is 5.41 Å². The van der Waals surface area contributed by atoms with Crippen LogP contribution < -0.4 is 0 Å². The first-order chi connectivity index (χ1) is 9.25. The number of ketones is 1. The number of aliphatic carboxylic acids is 1. The molecule has 3 atom stereocenters. The molecule has 3 nitrogen and oxygen atoms in total. The van der Waals surface area contributed by atoms with Crippen molar-refractivity contribution >= 4 is 11.8 Å². The Bertz CT molecular complexity index is 461. The van der Waals surface area contributed by atoms with Crippen LogP contribution in [-0.4, -0.2) is 16.9 Å². The van der Waals surface area contributed by atoms with Crippen molar-refractivity contribution in [2.45, 2.75) is 59.8 Å². The molecule has 0 heterocycles. The van der Waals surface area contributed by atoms with Crippen LogP contribution in [0.3, 0.4) is 0 Å². The molecule has 112 valence electrons. The van der Waals surface area contributed by atoms with Gasteiger partial charge in [0.15, 0.2) is 5.78 Å². The van der Waals surface area contributed by atoms with Gasteiger partial charge in [0.1, 0.15) is 0 Å². The summed E-state index contributed by atoms with van der Waals surface area (Å²) in [6, 6.07) is 0. The summed E-state index contributed by atoms with van der Waals surface area (Å²) in [5.74, 6) is -0.873. The summed E-state index contributed by atoms with van der Waals surface area (Å²) in [5.41, 5.74) is 0.466. The second-order valence-electron chi connectivity index (χ2n) is 7.18. The fraction of sp³-hybridized carbons (Fsp3) is 0.765. The van der Waals surface area contributed by atoms with E-state index in [0.717, 1.165) is 31.3 Å². The predicted octanol–water partition coefficient (Wildman–Crippen LogP) is 3.83. The van der Waals surface area contributed by atoms with Gasteiger partial charge in [-0.1, -0.05) is 46.6 Å². The molecule has 0 unspecified atom stereocenters. The van der Waals surface area contributed by atoms with E-state index in [-0.39, 0.29) is 22.5 Å². The molecule has 1 N–H and O–H groups in total. The number of Topliss-reactive ketones (excluding diaryl/α,β-unsaturated/α-hetero) is 1. The SMILES string of the molecule is CCCC[C@@H](/C=C1\C(=O)[C@]2(C)CC[C@@H]1C2(C)C)C(=O)O. The van der Waals surface area contributed by atoms with E-state index in [1.165, 1.54) is 0 Å². The van der Waals surface area contributed by atoms with Crippen LogP contribution in [-0.2, 0) is 9.59 Å². The fourth-order valence-electron chi connectivity index (χ4n) is 4.04. The number of carbonyl (C=O) groups is 2. The number of carboxylic acid groups (broad SMARTS) is 1. The first-order valence-electron chi connectivity index (χ1n) is 7.75. The summed E-state index contributed by atoms with van der Waals surface area (Å²) in [4.78, 5) is 24.1. The molecule has 0 aliphatic heterocycles. The molecule has 3 heteroatoms. The van der Waals surface area contributed by atoms with E-state index >= 15 is 0 Å². The number of carboxylic acids is 1. The maximum Gasteiger partial charge on any atom is 0.310 e. The standard InChI is InChI=1S/C17H26O3/c1-5-6-7-11(15(19)20)10-12-13-8-9-17(4,14(12)18)16(13,2)3/h10-11,13H,5-9H2,1-4H3,(H,19,20)/b12-10-/t11-,13-,17-/m0/s1. The highest BCUT2D eigenvalue weighted by Gasteiger charge is 2.63. The molecule has 0 amide bonds. The Morgan fingerprint density at radius 2 is 2.10 bits per heavy atom. The van der Waals surface area contributed by atoms with Crippen molar-refractivity contribution < 1.29 is 14.7 Å². The lowest BCUT2D eigenvalue weighted by molar-refractivity contribution is -0.140. The zero-order valence-corrected chi connectivity index (χ0v) is 13.0. The summed E-state index contributed by atoms with van der Waals surface area (Å²) in [7, 11) is 0. The second-order valence-corrected chi connectivity index (χ2v) is 7.18. The Morgan fingerprint density at radius 3 is 2.55 bits per heavy atom. The van der Waals surface area contributed by atoms with Crippen molar-refractivity contribution in [2.24, 2.45) is 22.7 Å². The Hall–Kier alpha value is -1.12. The van der Waals surface area contributed by atoms with Gasteiger partial charge in [0.2, 0.25) is 0 Å². The van der Waals surface area contributed by atoms with Gasteiger partial charge in [-0.05, 0) is 36.2 Å². The minimum Gasteiger partial charge on any atom is -0.481 e. The molecule has 0 aromatic heterocycles. The quantitative estimate of drug-likeness (QED) is 0.778. The molecule has 0 spiro atoms. The average Bonchev–Trinajstić information content (AvgIpc) is 2.67. The average molecular weight is 278 g/mol. The van der Waals surface area contributed by atoms with Crippen molar-refractivity contribution in [1.29, 1.82) is 0 Å². The Labute approximate surface area is 121 Å². The van der Waals surface area contributed by atoms with Crippen LogP contribution in [0.1, 0.15) is 59.8 Å². The van der Waals surface area contributed by atoms with Gasteiger partial charge in [-0.3, -0.25) is 9.59 Å². The van der Waals surface area contributed by atoms with Crippen LogP contribution in [0.5, 0.6) is 0 Å². The normalized spacial score (nSPS) is 34.7. The number of hydrogen-bond acceptors (Lipinski definition) is 2. The molecule has 2 bridgehead atoms. The van der Waals surface area contributed by atoms with Crippen LogP contribution in [0.25, 0.3) is 0 Å². The van der Waals surface area contributed by atoms with E-state index in [4.69, 9.17) is 0 Å². The van der Waals surface area contributed by atoms with Gasteiger partial charge < -0.3 is 5.11 Å². The minimum atomic E-state index is -0.801. The summed E-state index contributed by atoms with van der Waals surface area (Å²) in [5, 5.41) is 9.36. The van der Waals surface area contributed by atoms with E-state index in [0.29, 0.717) is 6.42 Å². The maximum absolute atomic E-state index is 12.7. The predicted molar refractivity (Wildman–Crippen MR) is 78.4 cm³/mol. The molecule has 2 aliphatic rings. The highest BCUT2D eigenvalue weighted by molar-refractivity contribution is 6.05. The first kappa shape index (κ1) is 15.3. The van der Waals surface area contributed by atoms with E-state index < -0.39 is 11.9 Å². The maximum atomic E-state index is 12.7. The van der Waals surface area contributed by atoms with Crippen molar-refractivity contribution in [3.8, 4) is 0 Å². The highest BCUT2D eigenvalue weighted by atomic mass is 16.4. The fourth-order valence-corrected chi connectivity index (χ4v) is 4.04. The van der Waals surface area contributed by atoms with Gasteiger partial charge in [0.05, 0.1) is 5.92 Å². The lowest BCUT2D eigenvalue weighted by atomic mass is 9.70. The number of hydrogen-bond donors (Lipinski definition) is 1. The summed E-state index contributed by atoms with van der Waals surface area (Å²) in [6.07, 6.45) is 6.23. The number of fused-ring (bicyclic) bond motifs is 2. The largest absolute Gasteiger partial charge is 0.481 e. The molecular weight excluding hydrogens is 252 g/mol. The second kappa shape index (κ2) is 5.01. The molecule has 0 radical (unpaired) electrons. The van der Waals surface area contributed by atoms with Gasteiger partial charge in [-0.25, -0.2) is 0 Å². The molecular formula is C17H26O3. The van der Waals surface area contributed by atoms with Gasteiger partial charge in [-0.15, -0.1) is 0 Å². The molecule has 0 aromatic rings. The van der Waals surface area contributed by atoms with Gasteiger partial charge in [0.25, 0.3) is 0 Å². The summed E-state index contributed by atoms with van der Waals surface area (Å²) >= 11 is 0. The van der Waals surface area contributed by atoms with Crippen LogP contribution in [0, 0.1) is 22.7 Å². The molecule has 2 aliphatic carbocycles. The molecule has 2 rings (SSSR count). The molecule has 2 fully saturated rings. The van der Waals surface area contributed by atoms with E-state index in [1.54, 1.807) is 6.08 Å². The van der Waals surface area contributed by atoms with E-state index in [2.05, 4.69) is 27.7 Å². The monoisotopic (exact) mass is 278 g/mol. The Kier molecular flexibility index (Phi) is 3.83. The van der Waals surface area contributed by atoms with Crippen molar-refractivity contribution in [1.82, 2.24) is 0 Å². The summed E-state index contributed by atoms with van der Waals surface area (Å²) in [6.45, 7) is 8.42. The smallest absolute Gasteiger partial charge is 0.310 e. The number of carbonyl (C=O) groups excluding carboxylic acids is 1. The third-order valence-corrected chi connectivity index (χ3v) is 5.93. The number of allylic oxidation sites excluding steroid dienone is 1. The molecule has 0 aromatic carbocycles. The van der Waals surface area contributed by atoms with Gasteiger partial charge in [-0.2, -0.15) is 0 Å². The third kappa shape index (κ3) is 2.02. The van der Waals surface area contributed by atoms with Gasteiger partial charge >= 0.3 is 5.97 Å². The lowest BCUT2D eigenvalue weighted by Gasteiger charge is -2.31. The lowest BCUT2D eigenvalue weighted by Crippen LogP contribution is -2.32. The molecule has 2 saturated carbocycles. The van der Waals surface area contributed by atoms with Crippen molar-refractivity contribution in [3.63, 3.8) is 0 Å². The molecule has 0 saturated heterocycles. The zero-order valence-electron chi connectivity index (χ0n) is 13.0. The van der Waals surface area contributed by atoms with E-state index in [1.807, 2.05) is 0 Å².